The van der Waals surface area contributed by atoms with E-state index in [4.69, 9.17) is 0 Å². The van der Waals surface area contributed by atoms with Gasteiger partial charge in [-0.1, -0.05) is 6.08 Å². The van der Waals surface area contributed by atoms with Crippen LogP contribution in [0.15, 0.2) is 12.7 Å². The standard InChI is InChI=1S/C10H22N.ClH/c1-5-9-10-11(6-2,7-3)8-4;/h5H,1,6-10H2,2-4H3;1H/q+1;/p-1. The summed E-state index contributed by atoms with van der Waals surface area (Å²) in [6, 6.07) is 0. The van der Waals surface area contributed by atoms with Crippen molar-refractivity contribution in [1.82, 2.24) is 0 Å². The number of hydrogen-bond donors (Lipinski definition) is 0. The van der Waals surface area contributed by atoms with Gasteiger partial charge in [0.15, 0.2) is 0 Å². The van der Waals surface area contributed by atoms with Crippen LogP contribution in [0.2, 0.25) is 0 Å². The average Bonchev–Trinajstić information content (AvgIpc) is 2.08. The fourth-order valence-corrected chi connectivity index (χ4v) is 1.51. The van der Waals surface area contributed by atoms with E-state index >= 15 is 0 Å². The predicted octanol–water partition coefficient (Wildman–Crippen LogP) is -0.557. The van der Waals surface area contributed by atoms with E-state index in [1.54, 1.807) is 0 Å². The second-order valence-electron chi connectivity index (χ2n) is 3.09. The van der Waals surface area contributed by atoms with Gasteiger partial charge in [0.1, 0.15) is 0 Å². The molecule has 0 radical (unpaired) electrons. The molecule has 74 valence electrons. The molecule has 0 heterocycles. The Morgan fingerprint density at radius 1 is 1.08 bits per heavy atom. The van der Waals surface area contributed by atoms with Crippen molar-refractivity contribution in [3.63, 3.8) is 0 Å². The number of nitrogens with zero attached hydrogens (tertiary/aromatic N) is 1. The molecule has 2 heteroatoms. The lowest BCUT2D eigenvalue weighted by molar-refractivity contribution is -0.922. The van der Waals surface area contributed by atoms with Crippen LogP contribution in [0.3, 0.4) is 0 Å². The molecule has 0 N–H and O–H groups in total. The van der Waals surface area contributed by atoms with Gasteiger partial charge in [0, 0.05) is 6.42 Å². The molecule has 0 saturated carbocycles. The minimum atomic E-state index is 0. The maximum Gasteiger partial charge on any atom is 0.0821 e. The summed E-state index contributed by atoms with van der Waals surface area (Å²) in [7, 11) is 0. The Morgan fingerprint density at radius 2 is 1.50 bits per heavy atom. The van der Waals surface area contributed by atoms with Crippen molar-refractivity contribution >= 4 is 0 Å². The molecule has 0 spiro atoms. The molecule has 0 amide bonds. The molecule has 0 aliphatic rings. The Hall–Kier alpha value is -0.0100. The van der Waals surface area contributed by atoms with Crippen LogP contribution in [0.25, 0.3) is 0 Å². The monoisotopic (exact) mass is 191 g/mol. The van der Waals surface area contributed by atoms with Crippen LogP contribution in [0, 0.1) is 0 Å². The van der Waals surface area contributed by atoms with Crippen LogP contribution in [0.4, 0.5) is 0 Å². The molecule has 0 aliphatic heterocycles. The fraction of sp³-hybridized carbons (Fsp3) is 0.800. The second-order valence-corrected chi connectivity index (χ2v) is 3.09. The molecule has 0 bridgehead atoms. The van der Waals surface area contributed by atoms with Gasteiger partial charge in [-0.05, 0) is 20.8 Å². The van der Waals surface area contributed by atoms with Crippen LogP contribution < -0.4 is 12.4 Å². The molecule has 0 saturated heterocycles. The van der Waals surface area contributed by atoms with Crippen LogP contribution >= 0.6 is 0 Å². The molecule has 0 aromatic carbocycles. The third-order valence-corrected chi connectivity index (χ3v) is 2.82. The highest BCUT2D eigenvalue weighted by Crippen LogP contribution is 2.06. The molecule has 0 aromatic heterocycles. The maximum atomic E-state index is 3.76. The van der Waals surface area contributed by atoms with E-state index in [9.17, 15) is 0 Å². The summed E-state index contributed by atoms with van der Waals surface area (Å²) in [6.45, 7) is 15.6. The molecule has 0 atom stereocenters. The van der Waals surface area contributed by atoms with Crippen LogP contribution in [-0.2, 0) is 0 Å². The first kappa shape index (κ1) is 14.5. The molecule has 0 aromatic rings. The van der Waals surface area contributed by atoms with E-state index in [0.29, 0.717) is 0 Å². The summed E-state index contributed by atoms with van der Waals surface area (Å²) in [5.74, 6) is 0. The van der Waals surface area contributed by atoms with Crippen molar-refractivity contribution in [3.8, 4) is 0 Å². The second kappa shape index (κ2) is 7.63. The minimum Gasteiger partial charge on any atom is -1.00 e. The third kappa shape index (κ3) is 4.13. The topological polar surface area (TPSA) is 0 Å². The lowest BCUT2D eigenvalue weighted by Gasteiger charge is -2.35. The Balaban J connectivity index is 0. The summed E-state index contributed by atoms with van der Waals surface area (Å²) in [6.07, 6.45) is 3.17. The average molecular weight is 192 g/mol. The van der Waals surface area contributed by atoms with Crippen LogP contribution in [0.1, 0.15) is 27.2 Å². The molecule has 0 unspecified atom stereocenters. The Kier molecular flexibility index (Phi) is 9.23. The zero-order valence-electron chi connectivity index (χ0n) is 8.65. The van der Waals surface area contributed by atoms with E-state index in [0.717, 1.165) is 6.42 Å². The van der Waals surface area contributed by atoms with Gasteiger partial charge < -0.3 is 16.9 Å². The maximum absolute atomic E-state index is 3.76. The lowest BCUT2D eigenvalue weighted by Crippen LogP contribution is -3.00. The SMILES string of the molecule is C=CCC[N+](CC)(CC)CC.[Cl-]. The first-order valence-electron chi connectivity index (χ1n) is 4.70. The van der Waals surface area contributed by atoms with Crippen molar-refractivity contribution in [2.45, 2.75) is 27.2 Å². The third-order valence-electron chi connectivity index (χ3n) is 2.82. The Bertz CT molecular complexity index is 100. The number of quaternary nitrogens is 1. The predicted molar refractivity (Wildman–Crippen MR) is 51.6 cm³/mol. The summed E-state index contributed by atoms with van der Waals surface area (Å²) in [5, 5.41) is 0. The van der Waals surface area contributed by atoms with Crippen molar-refractivity contribution < 1.29 is 16.9 Å². The summed E-state index contributed by atoms with van der Waals surface area (Å²) >= 11 is 0. The smallest absolute Gasteiger partial charge is 0.0821 e. The van der Waals surface area contributed by atoms with Gasteiger partial charge in [0.2, 0.25) is 0 Å². The highest BCUT2D eigenvalue weighted by Gasteiger charge is 2.18. The number of rotatable bonds is 6. The highest BCUT2D eigenvalue weighted by atomic mass is 35.5. The van der Waals surface area contributed by atoms with Gasteiger partial charge in [0.25, 0.3) is 0 Å². The van der Waals surface area contributed by atoms with E-state index in [1.165, 1.54) is 30.7 Å². The quantitative estimate of drug-likeness (QED) is 0.390. The molecule has 0 fully saturated rings. The Morgan fingerprint density at radius 3 is 1.75 bits per heavy atom. The first-order chi connectivity index (χ1) is 5.24. The Labute approximate surface area is 83.5 Å². The van der Waals surface area contributed by atoms with Crippen molar-refractivity contribution in [3.05, 3.63) is 12.7 Å². The summed E-state index contributed by atoms with van der Waals surface area (Å²) in [5.41, 5.74) is 0. The largest absolute Gasteiger partial charge is 1.00 e. The lowest BCUT2D eigenvalue weighted by atomic mass is 10.3. The van der Waals surface area contributed by atoms with Gasteiger partial charge in [-0.2, -0.15) is 0 Å². The van der Waals surface area contributed by atoms with E-state index in [-0.39, 0.29) is 12.4 Å². The zero-order chi connectivity index (χ0) is 8.74. The van der Waals surface area contributed by atoms with Gasteiger partial charge in [0.05, 0.1) is 26.2 Å². The molecule has 0 aliphatic carbocycles. The highest BCUT2D eigenvalue weighted by molar-refractivity contribution is 4.65. The van der Waals surface area contributed by atoms with Gasteiger partial charge in [-0.3, -0.25) is 0 Å². The minimum absolute atomic E-state index is 0. The number of halogens is 1. The summed E-state index contributed by atoms with van der Waals surface area (Å²) in [4.78, 5) is 0. The molecule has 1 nitrogen and oxygen atoms in total. The zero-order valence-corrected chi connectivity index (χ0v) is 9.40. The molecule has 12 heavy (non-hydrogen) atoms. The van der Waals surface area contributed by atoms with Crippen LogP contribution in [-0.4, -0.2) is 30.7 Å². The molecule has 0 rings (SSSR count). The van der Waals surface area contributed by atoms with E-state index in [1.807, 2.05) is 6.08 Å². The molecular weight excluding hydrogens is 170 g/mol. The van der Waals surface area contributed by atoms with E-state index < -0.39 is 0 Å². The van der Waals surface area contributed by atoms with Gasteiger partial charge in [-0.15, -0.1) is 6.58 Å². The van der Waals surface area contributed by atoms with Gasteiger partial charge in [-0.25, -0.2) is 0 Å². The number of hydrogen-bond acceptors (Lipinski definition) is 0. The van der Waals surface area contributed by atoms with Gasteiger partial charge >= 0.3 is 0 Å². The van der Waals surface area contributed by atoms with Crippen molar-refractivity contribution in [1.29, 1.82) is 0 Å². The summed E-state index contributed by atoms with van der Waals surface area (Å²) < 4.78 is 1.24. The first-order valence-corrected chi connectivity index (χ1v) is 4.70. The van der Waals surface area contributed by atoms with Crippen molar-refractivity contribution in [2.75, 3.05) is 26.2 Å². The fourth-order valence-electron chi connectivity index (χ4n) is 1.51. The molecular formula is C10H22ClN. The normalized spacial score (nSPS) is 10.6. The van der Waals surface area contributed by atoms with E-state index in [2.05, 4.69) is 27.4 Å². The van der Waals surface area contributed by atoms with Crippen LogP contribution in [0.5, 0.6) is 0 Å². The van der Waals surface area contributed by atoms with Crippen molar-refractivity contribution in [2.24, 2.45) is 0 Å².